The van der Waals surface area contributed by atoms with Crippen LogP contribution in [0.1, 0.15) is 60.9 Å². The van der Waals surface area contributed by atoms with Crippen LogP contribution in [0, 0.1) is 5.92 Å². The summed E-state index contributed by atoms with van der Waals surface area (Å²) < 4.78 is 0. The van der Waals surface area contributed by atoms with Crippen LogP contribution in [-0.4, -0.2) is 22.4 Å². The highest BCUT2D eigenvalue weighted by Gasteiger charge is 2.23. The zero-order valence-electron chi connectivity index (χ0n) is 17.7. The number of aromatic amines is 1. The summed E-state index contributed by atoms with van der Waals surface area (Å²) in [5.41, 5.74) is 2.38. The van der Waals surface area contributed by atoms with E-state index in [-0.39, 0.29) is 11.5 Å². The highest BCUT2D eigenvalue weighted by Crippen LogP contribution is 2.35. The van der Waals surface area contributed by atoms with E-state index in [1.54, 1.807) is 11.3 Å². The molecule has 1 aromatic carbocycles. The fraction of sp³-hybridized carbons (Fsp3) is 0.458. The van der Waals surface area contributed by atoms with Gasteiger partial charge in [0.25, 0.3) is 5.56 Å². The summed E-state index contributed by atoms with van der Waals surface area (Å²) in [4.78, 5) is 34.8. The lowest BCUT2D eigenvalue weighted by Gasteiger charge is -2.17. The van der Waals surface area contributed by atoms with E-state index in [0.717, 1.165) is 35.9 Å². The SMILES string of the molecule is CC[C@H](CNC(=O)CCc1nc2sc3c(c2c(=O)[nH]1)CC[C@@H](C)C3)c1ccccc1. The molecule has 1 aliphatic carbocycles. The molecule has 158 valence electrons. The summed E-state index contributed by atoms with van der Waals surface area (Å²) in [5, 5.41) is 3.81. The number of hydrogen-bond donors (Lipinski definition) is 2. The van der Waals surface area contributed by atoms with Crippen molar-refractivity contribution in [2.45, 2.75) is 58.3 Å². The van der Waals surface area contributed by atoms with E-state index in [4.69, 9.17) is 0 Å². The quantitative estimate of drug-likeness (QED) is 0.593. The molecule has 2 N–H and O–H groups in total. The van der Waals surface area contributed by atoms with Gasteiger partial charge in [-0.2, -0.15) is 0 Å². The molecule has 0 bridgehead atoms. The zero-order valence-corrected chi connectivity index (χ0v) is 18.5. The molecule has 4 rings (SSSR count). The number of thiophene rings is 1. The minimum atomic E-state index is -0.0578. The van der Waals surface area contributed by atoms with Crippen molar-refractivity contribution < 1.29 is 4.79 Å². The highest BCUT2D eigenvalue weighted by atomic mass is 32.1. The maximum absolute atomic E-state index is 12.7. The van der Waals surface area contributed by atoms with Crippen molar-refractivity contribution in [3.8, 4) is 0 Å². The van der Waals surface area contributed by atoms with Gasteiger partial charge in [-0.3, -0.25) is 9.59 Å². The van der Waals surface area contributed by atoms with Gasteiger partial charge in [0.2, 0.25) is 5.91 Å². The van der Waals surface area contributed by atoms with Gasteiger partial charge in [0.1, 0.15) is 10.7 Å². The van der Waals surface area contributed by atoms with Gasteiger partial charge < -0.3 is 10.3 Å². The molecular formula is C24H29N3O2S. The number of amides is 1. The van der Waals surface area contributed by atoms with Crippen LogP contribution in [0.4, 0.5) is 0 Å². The zero-order chi connectivity index (χ0) is 21.1. The summed E-state index contributed by atoms with van der Waals surface area (Å²) in [7, 11) is 0. The van der Waals surface area contributed by atoms with Crippen molar-refractivity contribution in [2.75, 3.05) is 6.54 Å². The van der Waals surface area contributed by atoms with Crippen LogP contribution < -0.4 is 10.9 Å². The Kier molecular flexibility index (Phi) is 6.32. The molecule has 1 amide bonds. The number of aryl methyl sites for hydroxylation is 2. The first-order valence-electron chi connectivity index (χ1n) is 10.9. The molecule has 0 aliphatic heterocycles. The van der Waals surface area contributed by atoms with E-state index < -0.39 is 0 Å². The number of carbonyl (C=O) groups excluding carboxylic acids is 1. The number of hydrogen-bond acceptors (Lipinski definition) is 4. The molecule has 5 nitrogen and oxygen atoms in total. The molecule has 0 saturated heterocycles. The number of carbonyl (C=O) groups is 1. The fourth-order valence-corrected chi connectivity index (χ4v) is 5.69. The average Bonchev–Trinajstić information content (AvgIpc) is 3.11. The number of H-pyrrole nitrogens is 1. The van der Waals surface area contributed by atoms with Crippen molar-refractivity contribution in [1.82, 2.24) is 15.3 Å². The van der Waals surface area contributed by atoms with E-state index in [1.807, 2.05) is 18.2 Å². The number of rotatable bonds is 7. The summed E-state index contributed by atoms with van der Waals surface area (Å²) in [6.45, 7) is 5.02. The van der Waals surface area contributed by atoms with Gasteiger partial charge in [0.05, 0.1) is 5.39 Å². The van der Waals surface area contributed by atoms with Gasteiger partial charge in [-0.1, -0.05) is 44.2 Å². The lowest BCUT2D eigenvalue weighted by atomic mass is 9.89. The topological polar surface area (TPSA) is 74.8 Å². The Morgan fingerprint density at radius 1 is 1.33 bits per heavy atom. The molecular weight excluding hydrogens is 394 g/mol. The van der Waals surface area contributed by atoms with Crippen molar-refractivity contribution in [3.63, 3.8) is 0 Å². The van der Waals surface area contributed by atoms with Crippen molar-refractivity contribution in [2.24, 2.45) is 5.92 Å². The third-order valence-corrected chi connectivity index (χ3v) is 7.26. The van der Waals surface area contributed by atoms with Crippen LogP contribution in [0.15, 0.2) is 35.1 Å². The Balaban J connectivity index is 1.39. The lowest BCUT2D eigenvalue weighted by molar-refractivity contribution is -0.121. The third kappa shape index (κ3) is 4.48. The molecule has 0 unspecified atom stereocenters. The van der Waals surface area contributed by atoms with Crippen LogP contribution in [0.2, 0.25) is 0 Å². The van der Waals surface area contributed by atoms with Gasteiger partial charge in [-0.15, -0.1) is 11.3 Å². The second-order valence-electron chi connectivity index (χ2n) is 8.36. The van der Waals surface area contributed by atoms with Gasteiger partial charge in [-0.25, -0.2) is 4.98 Å². The molecule has 0 fully saturated rings. The van der Waals surface area contributed by atoms with Crippen LogP contribution >= 0.6 is 11.3 Å². The maximum atomic E-state index is 12.7. The van der Waals surface area contributed by atoms with E-state index in [9.17, 15) is 9.59 Å². The number of benzene rings is 1. The van der Waals surface area contributed by atoms with Gasteiger partial charge in [0, 0.05) is 30.2 Å². The second kappa shape index (κ2) is 9.13. The smallest absolute Gasteiger partial charge is 0.259 e. The standard InChI is InChI=1S/C24H29N3O2S/c1-3-16(17-7-5-4-6-8-17)14-25-21(28)12-11-20-26-23(29)22-18-10-9-15(2)13-19(18)30-24(22)27-20/h4-8,15-16H,3,9-14H2,1-2H3,(H,25,28)(H,26,27,29)/t15-,16-/m1/s1. The van der Waals surface area contributed by atoms with Gasteiger partial charge in [-0.05, 0) is 42.7 Å². The summed E-state index contributed by atoms with van der Waals surface area (Å²) in [6.07, 6.45) is 4.86. The molecule has 6 heteroatoms. The first kappa shape index (κ1) is 20.8. The molecule has 0 saturated carbocycles. The number of aromatic nitrogens is 2. The van der Waals surface area contributed by atoms with Crippen molar-refractivity contribution in [1.29, 1.82) is 0 Å². The molecule has 2 atom stereocenters. The van der Waals surface area contributed by atoms with E-state index in [2.05, 4.69) is 41.3 Å². The van der Waals surface area contributed by atoms with Crippen LogP contribution in [-0.2, 0) is 24.1 Å². The van der Waals surface area contributed by atoms with E-state index in [0.29, 0.717) is 37.0 Å². The molecule has 1 aliphatic rings. The Hall–Kier alpha value is -2.47. The molecule has 0 radical (unpaired) electrons. The largest absolute Gasteiger partial charge is 0.355 e. The molecule has 2 heterocycles. The maximum Gasteiger partial charge on any atom is 0.259 e. The third-order valence-electron chi connectivity index (χ3n) is 6.11. The molecule has 3 aromatic rings. The number of nitrogens with one attached hydrogen (secondary N) is 2. The Bertz CT molecular complexity index is 1090. The van der Waals surface area contributed by atoms with Gasteiger partial charge >= 0.3 is 0 Å². The predicted molar refractivity (Wildman–Crippen MR) is 122 cm³/mol. The second-order valence-corrected chi connectivity index (χ2v) is 9.45. The summed E-state index contributed by atoms with van der Waals surface area (Å²) in [5.74, 6) is 1.57. The first-order chi connectivity index (χ1) is 14.5. The lowest BCUT2D eigenvalue weighted by Crippen LogP contribution is -2.28. The highest BCUT2D eigenvalue weighted by molar-refractivity contribution is 7.18. The Morgan fingerprint density at radius 3 is 2.90 bits per heavy atom. The Morgan fingerprint density at radius 2 is 2.13 bits per heavy atom. The van der Waals surface area contributed by atoms with Crippen LogP contribution in [0.3, 0.4) is 0 Å². The number of fused-ring (bicyclic) bond motifs is 3. The number of nitrogens with zero attached hydrogens (tertiary/aromatic N) is 1. The van der Waals surface area contributed by atoms with E-state index >= 15 is 0 Å². The molecule has 2 aromatic heterocycles. The average molecular weight is 424 g/mol. The minimum Gasteiger partial charge on any atom is -0.355 e. The monoisotopic (exact) mass is 423 g/mol. The minimum absolute atomic E-state index is 0.00794. The predicted octanol–water partition coefficient (Wildman–Crippen LogP) is 4.35. The fourth-order valence-electron chi connectivity index (χ4n) is 4.29. The molecule has 0 spiro atoms. The summed E-state index contributed by atoms with van der Waals surface area (Å²) in [6, 6.07) is 10.3. The van der Waals surface area contributed by atoms with Crippen LogP contribution in [0.25, 0.3) is 10.2 Å². The van der Waals surface area contributed by atoms with E-state index in [1.165, 1.54) is 16.0 Å². The van der Waals surface area contributed by atoms with Gasteiger partial charge in [0.15, 0.2) is 0 Å². The van der Waals surface area contributed by atoms with Crippen LogP contribution in [0.5, 0.6) is 0 Å². The molecule has 30 heavy (non-hydrogen) atoms. The van der Waals surface area contributed by atoms with Crippen molar-refractivity contribution >= 4 is 27.5 Å². The normalized spacial score (nSPS) is 16.9. The summed E-state index contributed by atoms with van der Waals surface area (Å²) >= 11 is 1.65. The van der Waals surface area contributed by atoms with Crippen molar-refractivity contribution in [3.05, 3.63) is 62.5 Å². The Labute approximate surface area is 180 Å². The first-order valence-corrected chi connectivity index (χ1v) is 11.7.